The lowest BCUT2D eigenvalue weighted by atomic mass is 10.1. The summed E-state index contributed by atoms with van der Waals surface area (Å²) in [4.78, 5) is 21.3. The Hall–Kier alpha value is -3.41. The standard InChI is InChI=1S/C22H24N4O2/c1-4-28-20-8-6-5-7-18(20)26-22(27)19-13-21(25-16(3)24-19)23-14-17-11-9-15(2)10-12-17/h5-13H,4,14H2,1-3H3,(H,26,27)(H,23,24,25). The SMILES string of the molecule is CCOc1ccccc1NC(=O)c1cc(NCc2ccc(C)cc2)nc(C)n1. The molecule has 2 aromatic carbocycles. The van der Waals surface area contributed by atoms with Gasteiger partial charge >= 0.3 is 0 Å². The summed E-state index contributed by atoms with van der Waals surface area (Å²) in [5.74, 6) is 1.45. The monoisotopic (exact) mass is 376 g/mol. The summed E-state index contributed by atoms with van der Waals surface area (Å²) >= 11 is 0. The summed E-state index contributed by atoms with van der Waals surface area (Å²) in [5, 5.41) is 6.12. The van der Waals surface area contributed by atoms with E-state index in [4.69, 9.17) is 4.74 Å². The molecule has 0 radical (unpaired) electrons. The molecule has 1 amide bonds. The molecule has 0 bridgehead atoms. The van der Waals surface area contributed by atoms with Gasteiger partial charge in [-0.2, -0.15) is 0 Å². The van der Waals surface area contributed by atoms with Gasteiger partial charge in [0.1, 0.15) is 23.1 Å². The number of benzene rings is 2. The van der Waals surface area contributed by atoms with Crippen molar-refractivity contribution >= 4 is 17.4 Å². The Labute approximate surface area is 165 Å². The molecule has 6 heteroatoms. The smallest absolute Gasteiger partial charge is 0.274 e. The zero-order valence-corrected chi connectivity index (χ0v) is 16.3. The molecule has 28 heavy (non-hydrogen) atoms. The summed E-state index contributed by atoms with van der Waals surface area (Å²) in [6.07, 6.45) is 0. The van der Waals surface area contributed by atoms with Crippen molar-refractivity contribution in [1.82, 2.24) is 9.97 Å². The van der Waals surface area contributed by atoms with Crippen LogP contribution in [0.1, 0.15) is 34.4 Å². The molecule has 0 atom stereocenters. The van der Waals surface area contributed by atoms with Gasteiger partial charge in [0.05, 0.1) is 12.3 Å². The molecule has 144 valence electrons. The highest BCUT2D eigenvalue weighted by atomic mass is 16.5. The minimum absolute atomic E-state index is 0.296. The molecular formula is C22H24N4O2. The van der Waals surface area contributed by atoms with E-state index in [1.54, 1.807) is 19.1 Å². The van der Waals surface area contributed by atoms with Gasteiger partial charge in [-0.1, -0.05) is 42.0 Å². The van der Waals surface area contributed by atoms with Crippen LogP contribution in [-0.4, -0.2) is 22.5 Å². The fraction of sp³-hybridized carbons (Fsp3) is 0.227. The summed E-state index contributed by atoms with van der Waals surface area (Å²) in [7, 11) is 0. The lowest BCUT2D eigenvalue weighted by Crippen LogP contribution is -2.16. The zero-order chi connectivity index (χ0) is 19.9. The van der Waals surface area contributed by atoms with Crippen molar-refractivity contribution in [2.75, 3.05) is 17.2 Å². The zero-order valence-electron chi connectivity index (χ0n) is 16.3. The molecule has 0 spiro atoms. The number of anilines is 2. The van der Waals surface area contributed by atoms with Gasteiger partial charge in [0.2, 0.25) is 0 Å². The number of carbonyl (C=O) groups is 1. The molecule has 0 unspecified atom stereocenters. The van der Waals surface area contributed by atoms with Crippen LogP contribution in [0.2, 0.25) is 0 Å². The maximum absolute atomic E-state index is 12.7. The number of para-hydroxylation sites is 2. The molecule has 1 heterocycles. The van der Waals surface area contributed by atoms with Crippen LogP contribution in [0.15, 0.2) is 54.6 Å². The van der Waals surface area contributed by atoms with Crippen LogP contribution in [0.25, 0.3) is 0 Å². The van der Waals surface area contributed by atoms with Crippen LogP contribution in [0, 0.1) is 13.8 Å². The molecular weight excluding hydrogens is 352 g/mol. The molecule has 0 aliphatic heterocycles. The first-order chi connectivity index (χ1) is 13.5. The minimum atomic E-state index is -0.309. The van der Waals surface area contributed by atoms with E-state index in [0.29, 0.717) is 41.9 Å². The fourth-order valence-corrected chi connectivity index (χ4v) is 2.71. The van der Waals surface area contributed by atoms with E-state index in [9.17, 15) is 4.79 Å². The van der Waals surface area contributed by atoms with Crippen molar-refractivity contribution in [3.63, 3.8) is 0 Å². The van der Waals surface area contributed by atoms with Crippen LogP contribution >= 0.6 is 0 Å². The van der Waals surface area contributed by atoms with Gasteiger partial charge in [-0.25, -0.2) is 9.97 Å². The third kappa shape index (κ3) is 5.07. The first-order valence-corrected chi connectivity index (χ1v) is 9.23. The van der Waals surface area contributed by atoms with E-state index in [2.05, 4.69) is 51.8 Å². The first kappa shape index (κ1) is 19.4. The van der Waals surface area contributed by atoms with Crippen molar-refractivity contribution in [2.24, 2.45) is 0 Å². The molecule has 6 nitrogen and oxygen atoms in total. The Morgan fingerprint density at radius 2 is 1.79 bits per heavy atom. The quantitative estimate of drug-likeness (QED) is 0.641. The van der Waals surface area contributed by atoms with E-state index in [1.165, 1.54) is 5.56 Å². The molecule has 3 rings (SSSR count). The number of aryl methyl sites for hydroxylation is 2. The summed E-state index contributed by atoms with van der Waals surface area (Å²) < 4.78 is 5.56. The second kappa shape index (κ2) is 8.99. The third-order valence-corrected chi connectivity index (χ3v) is 4.10. The summed E-state index contributed by atoms with van der Waals surface area (Å²) in [6.45, 7) is 6.86. The highest BCUT2D eigenvalue weighted by molar-refractivity contribution is 6.04. The normalized spacial score (nSPS) is 10.4. The molecule has 0 saturated heterocycles. The average molecular weight is 376 g/mol. The van der Waals surface area contributed by atoms with E-state index in [0.717, 1.165) is 5.56 Å². The van der Waals surface area contributed by atoms with E-state index in [1.807, 2.05) is 25.1 Å². The van der Waals surface area contributed by atoms with Crippen molar-refractivity contribution in [3.8, 4) is 5.75 Å². The molecule has 1 aromatic heterocycles. The molecule has 0 aliphatic rings. The largest absolute Gasteiger partial charge is 0.492 e. The van der Waals surface area contributed by atoms with Crippen LogP contribution in [-0.2, 0) is 6.54 Å². The molecule has 0 saturated carbocycles. The highest BCUT2D eigenvalue weighted by Gasteiger charge is 2.13. The lowest BCUT2D eigenvalue weighted by molar-refractivity contribution is 0.102. The van der Waals surface area contributed by atoms with Crippen LogP contribution in [0.3, 0.4) is 0 Å². The average Bonchev–Trinajstić information content (AvgIpc) is 2.69. The van der Waals surface area contributed by atoms with Crippen molar-refractivity contribution in [1.29, 1.82) is 0 Å². The Morgan fingerprint density at radius 1 is 1.04 bits per heavy atom. The van der Waals surface area contributed by atoms with E-state index in [-0.39, 0.29) is 5.91 Å². The molecule has 0 aliphatic carbocycles. The fourth-order valence-electron chi connectivity index (χ4n) is 2.71. The predicted octanol–water partition coefficient (Wildman–Crippen LogP) is 4.36. The number of amides is 1. The lowest BCUT2D eigenvalue weighted by Gasteiger charge is -2.12. The highest BCUT2D eigenvalue weighted by Crippen LogP contribution is 2.24. The molecule has 0 fully saturated rings. The van der Waals surface area contributed by atoms with E-state index < -0.39 is 0 Å². The van der Waals surface area contributed by atoms with E-state index >= 15 is 0 Å². The molecule has 2 N–H and O–H groups in total. The number of ether oxygens (including phenoxy) is 1. The van der Waals surface area contributed by atoms with Crippen LogP contribution in [0.5, 0.6) is 5.75 Å². The van der Waals surface area contributed by atoms with Gasteiger partial charge in [0.25, 0.3) is 5.91 Å². The number of hydrogen-bond acceptors (Lipinski definition) is 5. The Bertz CT molecular complexity index is 955. The number of nitrogens with one attached hydrogen (secondary N) is 2. The maximum Gasteiger partial charge on any atom is 0.274 e. The second-order valence-corrected chi connectivity index (χ2v) is 6.41. The van der Waals surface area contributed by atoms with Gasteiger partial charge < -0.3 is 15.4 Å². The number of rotatable bonds is 7. The molecule has 3 aromatic rings. The third-order valence-electron chi connectivity index (χ3n) is 4.10. The summed E-state index contributed by atoms with van der Waals surface area (Å²) in [5.41, 5.74) is 3.26. The maximum atomic E-state index is 12.7. The second-order valence-electron chi connectivity index (χ2n) is 6.41. The number of aromatic nitrogens is 2. The first-order valence-electron chi connectivity index (χ1n) is 9.23. The van der Waals surface area contributed by atoms with Crippen molar-refractivity contribution < 1.29 is 9.53 Å². The van der Waals surface area contributed by atoms with Crippen molar-refractivity contribution in [3.05, 3.63) is 77.2 Å². The number of nitrogens with zero attached hydrogens (tertiary/aromatic N) is 2. The number of hydrogen-bond donors (Lipinski definition) is 2. The van der Waals surface area contributed by atoms with Crippen LogP contribution in [0.4, 0.5) is 11.5 Å². The minimum Gasteiger partial charge on any atom is -0.492 e. The Morgan fingerprint density at radius 3 is 2.54 bits per heavy atom. The number of carbonyl (C=O) groups excluding carboxylic acids is 1. The Balaban J connectivity index is 1.73. The topological polar surface area (TPSA) is 76.1 Å². The van der Waals surface area contributed by atoms with Gasteiger partial charge in [0, 0.05) is 12.6 Å². The van der Waals surface area contributed by atoms with Gasteiger partial charge in [-0.05, 0) is 38.5 Å². The van der Waals surface area contributed by atoms with Crippen molar-refractivity contribution in [2.45, 2.75) is 27.3 Å². The van der Waals surface area contributed by atoms with Gasteiger partial charge in [-0.15, -0.1) is 0 Å². The predicted molar refractivity (Wildman–Crippen MR) is 111 cm³/mol. The van der Waals surface area contributed by atoms with Crippen LogP contribution < -0.4 is 15.4 Å². The summed E-state index contributed by atoms with van der Waals surface area (Å²) in [6, 6.07) is 17.2. The van der Waals surface area contributed by atoms with Gasteiger partial charge in [0.15, 0.2) is 0 Å². The Kier molecular flexibility index (Phi) is 6.22. The van der Waals surface area contributed by atoms with Gasteiger partial charge in [-0.3, -0.25) is 4.79 Å².